The van der Waals surface area contributed by atoms with Gasteiger partial charge in [0.25, 0.3) is 7.82 Å². The Bertz CT molecular complexity index is 1540. The molecule has 1 N–H and O–H groups in total. The number of nitrogens with zero attached hydrogens (tertiary/aromatic N) is 1. The van der Waals surface area contributed by atoms with Crippen molar-refractivity contribution in [3.63, 3.8) is 0 Å². The maximum absolute atomic E-state index is 13.5. The van der Waals surface area contributed by atoms with Crippen LogP contribution < -0.4 is 10.2 Å². The van der Waals surface area contributed by atoms with Crippen LogP contribution in [-0.2, 0) is 27.9 Å². The molecule has 3 unspecified atom stereocenters. The Morgan fingerprint density at radius 2 is 0.810 bits per heavy atom. The highest BCUT2D eigenvalue weighted by Crippen LogP contribution is 2.38. The molecule has 79 heavy (non-hydrogen) atoms. The number of esters is 1. The highest BCUT2D eigenvalue weighted by Gasteiger charge is 2.27. The van der Waals surface area contributed by atoms with E-state index in [9.17, 15) is 19.0 Å². The number of unbranched alkanes of at least 4 members (excludes halogenated alkanes) is 37. The number of phosphoric ester groups is 1. The highest BCUT2D eigenvalue weighted by molar-refractivity contribution is 7.45. The zero-order valence-corrected chi connectivity index (χ0v) is 53.7. The van der Waals surface area contributed by atoms with Gasteiger partial charge in [0.05, 0.1) is 33.8 Å². The van der Waals surface area contributed by atoms with Gasteiger partial charge in [-0.05, 0) is 89.5 Å². The molecule has 462 valence electrons. The number of carbonyl (C=O) groups excluding carboxylic acids is 2. The van der Waals surface area contributed by atoms with Gasteiger partial charge < -0.3 is 28.5 Å². The summed E-state index contributed by atoms with van der Waals surface area (Å²) >= 11 is 0. The molecule has 0 bridgehead atoms. The van der Waals surface area contributed by atoms with Crippen LogP contribution in [0.1, 0.15) is 316 Å². The van der Waals surface area contributed by atoms with E-state index in [-0.39, 0.29) is 24.9 Å². The number of carbonyl (C=O) groups is 2. The number of quaternary nitrogens is 1. The summed E-state index contributed by atoms with van der Waals surface area (Å²) in [6, 6.07) is -0.900. The molecule has 0 aromatic carbocycles. The molecule has 9 nitrogen and oxygen atoms in total. The zero-order valence-electron chi connectivity index (χ0n) is 52.8. The molecule has 0 aromatic rings. The van der Waals surface area contributed by atoms with Crippen LogP contribution in [0.4, 0.5) is 0 Å². The molecule has 0 saturated heterocycles. The van der Waals surface area contributed by atoms with Crippen molar-refractivity contribution < 1.29 is 37.3 Å². The number of rotatable bonds is 61. The third-order valence-corrected chi connectivity index (χ3v) is 15.9. The van der Waals surface area contributed by atoms with E-state index < -0.39 is 26.6 Å². The van der Waals surface area contributed by atoms with E-state index >= 15 is 0 Å². The second-order valence-corrected chi connectivity index (χ2v) is 25.4. The summed E-state index contributed by atoms with van der Waals surface area (Å²) in [6.45, 7) is 6.73. The van der Waals surface area contributed by atoms with Gasteiger partial charge in [-0.1, -0.05) is 275 Å². The Labute approximate surface area is 490 Å². The standard InChI is InChI=1S/C69H129N2O7P/c1-7-10-13-16-19-22-25-28-30-31-32-33-34-35-36-37-38-39-40-41-42-44-47-50-53-56-59-62-69(73)78-67(60-57-54-51-48-45-27-24-21-18-15-12-9-3)66(65-77-79(74,75)76-64-63-71(4,5)6)70-68(72)61-58-55-52-49-46-43-29-26-23-20-17-14-11-8-2/h11,14,20,23,28-30,43,57,60,66-67H,7-10,12-13,15-19,21-22,24-27,31-42,44-56,58-59,61-65H2,1-6H3,(H-,70,72,74,75)/b14-11+,23-20+,30-28+,43-29+,60-57-. The lowest BCUT2D eigenvalue weighted by molar-refractivity contribution is -0.870. The van der Waals surface area contributed by atoms with Crippen LogP contribution >= 0.6 is 7.82 Å². The molecule has 10 heteroatoms. The maximum atomic E-state index is 13.5. The lowest BCUT2D eigenvalue weighted by atomic mass is 10.0. The van der Waals surface area contributed by atoms with Crippen LogP contribution in [0, 0.1) is 0 Å². The number of amides is 1. The lowest BCUT2D eigenvalue weighted by Crippen LogP contribution is -2.47. The summed E-state index contributed by atoms with van der Waals surface area (Å²) in [5, 5.41) is 3.02. The van der Waals surface area contributed by atoms with Crippen molar-refractivity contribution in [2.45, 2.75) is 328 Å². The topological polar surface area (TPSA) is 114 Å². The number of allylic oxidation sites excluding steroid dienone is 9. The van der Waals surface area contributed by atoms with E-state index in [1.165, 1.54) is 193 Å². The molecule has 0 fully saturated rings. The molecule has 0 saturated carbocycles. The number of hydrogen-bond donors (Lipinski definition) is 1. The summed E-state index contributed by atoms with van der Waals surface area (Å²) in [7, 11) is 1.17. The van der Waals surface area contributed by atoms with Crippen LogP contribution in [0.15, 0.2) is 60.8 Å². The van der Waals surface area contributed by atoms with Crippen LogP contribution in [0.2, 0.25) is 0 Å². The van der Waals surface area contributed by atoms with Crippen molar-refractivity contribution in [2.24, 2.45) is 0 Å². The first-order chi connectivity index (χ1) is 38.4. The fourth-order valence-electron chi connectivity index (χ4n) is 9.77. The lowest BCUT2D eigenvalue weighted by Gasteiger charge is -2.30. The first-order valence-corrected chi connectivity index (χ1v) is 35.1. The summed E-state index contributed by atoms with van der Waals surface area (Å²) in [6.07, 6.45) is 75.0. The average molecular weight is 1130 g/mol. The Balaban J connectivity index is 5.01. The van der Waals surface area contributed by atoms with Gasteiger partial charge in [-0.3, -0.25) is 14.2 Å². The quantitative estimate of drug-likeness (QED) is 0.0212. The molecular weight excluding hydrogens is 1000 g/mol. The molecule has 1 amide bonds. The van der Waals surface area contributed by atoms with E-state index in [2.05, 4.69) is 74.7 Å². The summed E-state index contributed by atoms with van der Waals surface area (Å²) in [4.78, 5) is 40.0. The van der Waals surface area contributed by atoms with E-state index in [0.717, 1.165) is 83.5 Å². The van der Waals surface area contributed by atoms with Crippen molar-refractivity contribution in [1.82, 2.24) is 5.32 Å². The SMILES string of the molecule is CC/C=C/C/C=C/C/C=C/CCCCCCC(=O)NC(COP(=O)([O-])OCC[N+](C)(C)C)C(/C=C\CCCCCCCCCCCC)OC(=O)CCCCCCCCCCCCCCCCCCC/C=C/CCCCCCCC. The van der Waals surface area contributed by atoms with Gasteiger partial charge in [0.1, 0.15) is 19.3 Å². The van der Waals surface area contributed by atoms with Gasteiger partial charge in [-0.2, -0.15) is 0 Å². The molecule has 0 aliphatic heterocycles. The minimum Gasteiger partial charge on any atom is -0.756 e. The second kappa shape index (κ2) is 58.9. The zero-order chi connectivity index (χ0) is 57.9. The van der Waals surface area contributed by atoms with Crippen LogP contribution in [0.25, 0.3) is 0 Å². The van der Waals surface area contributed by atoms with Crippen molar-refractivity contribution in [1.29, 1.82) is 0 Å². The predicted octanol–water partition coefficient (Wildman–Crippen LogP) is 20.4. The first kappa shape index (κ1) is 76.7. The highest BCUT2D eigenvalue weighted by atomic mass is 31.2. The van der Waals surface area contributed by atoms with Crippen LogP contribution in [0.5, 0.6) is 0 Å². The van der Waals surface area contributed by atoms with Gasteiger partial charge in [0, 0.05) is 12.8 Å². The molecule has 0 aliphatic carbocycles. The van der Waals surface area contributed by atoms with Gasteiger partial charge in [0.15, 0.2) is 0 Å². The summed E-state index contributed by atoms with van der Waals surface area (Å²) < 4.78 is 30.3. The van der Waals surface area contributed by atoms with Gasteiger partial charge >= 0.3 is 5.97 Å². The van der Waals surface area contributed by atoms with E-state index in [4.69, 9.17) is 13.8 Å². The number of phosphoric acid groups is 1. The number of nitrogens with one attached hydrogen (secondary N) is 1. The second-order valence-electron chi connectivity index (χ2n) is 23.9. The third kappa shape index (κ3) is 60.1. The Morgan fingerprint density at radius 1 is 0.456 bits per heavy atom. The van der Waals surface area contributed by atoms with Crippen LogP contribution in [-0.4, -0.2) is 69.4 Å². The smallest absolute Gasteiger partial charge is 0.306 e. The molecule has 0 aromatic heterocycles. The van der Waals surface area contributed by atoms with E-state index in [1.54, 1.807) is 0 Å². The average Bonchev–Trinajstić information content (AvgIpc) is 3.41. The van der Waals surface area contributed by atoms with Crippen molar-refractivity contribution in [2.75, 3.05) is 40.9 Å². The van der Waals surface area contributed by atoms with Crippen molar-refractivity contribution in [3.05, 3.63) is 60.8 Å². The molecule has 0 aliphatic rings. The third-order valence-electron chi connectivity index (χ3n) is 14.9. The Hall–Kier alpha value is -2.29. The summed E-state index contributed by atoms with van der Waals surface area (Å²) in [5.41, 5.74) is 0. The van der Waals surface area contributed by atoms with Gasteiger partial charge in [0.2, 0.25) is 5.91 Å². The molecule has 0 rings (SSSR count). The number of hydrogen-bond acceptors (Lipinski definition) is 7. The number of likely N-dealkylation sites (N-methyl/N-ethyl adjacent to an activating group) is 1. The number of ether oxygens (including phenoxy) is 1. The van der Waals surface area contributed by atoms with E-state index in [1.807, 2.05) is 33.3 Å². The normalized spacial score (nSPS) is 14.0. The monoisotopic (exact) mass is 1130 g/mol. The van der Waals surface area contributed by atoms with E-state index in [0.29, 0.717) is 23.9 Å². The van der Waals surface area contributed by atoms with Crippen LogP contribution in [0.3, 0.4) is 0 Å². The largest absolute Gasteiger partial charge is 0.756 e. The molecule has 0 heterocycles. The Morgan fingerprint density at radius 3 is 1.23 bits per heavy atom. The fraction of sp³-hybridized carbons (Fsp3) is 0.826. The minimum atomic E-state index is -4.70. The van der Waals surface area contributed by atoms with Crippen molar-refractivity contribution >= 4 is 19.7 Å². The molecular formula is C69H129N2O7P. The summed E-state index contributed by atoms with van der Waals surface area (Å²) in [5.74, 6) is -0.558. The predicted molar refractivity (Wildman–Crippen MR) is 339 cm³/mol. The Kier molecular flexibility index (Phi) is 57.2. The van der Waals surface area contributed by atoms with Gasteiger partial charge in [-0.25, -0.2) is 0 Å². The maximum Gasteiger partial charge on any atom is 0.306 e. The molecule has 0 spiro atoms. The molecule has 0 radical (unpaired) electrons. The molecule has 3 atom stereocenters. The first-order valence-electron chi connectivity index (χ1n) is 33.6. The fourth-order valence-corrected chi connectivity index (χ4v) is 10.5. The van der Waals surface area contributed by atoms with Gasteiger partial charge in [-0.15, -0.1) is 0 Å². The van der Waals surface area contributed by atoms with Crippen molar-refractivity contribution in [3.8, 4) is 0 Å². The minimum absolute atomic E-state index is 0.0270.